The summed E-state index contributed by atoms with van der Waals surface area (Å²) in [5.74, 6) is -0.615. The zero-order valence-corrected chi connectivity index (χ0v) is 12.3. The lowest BCUT2D eigenvalue weighted by molar-refractivity contribution is 0.448. The zero-order chi connectivity index (χ0) is 17.6. The first-order valence-electron chi connectivity index (χ1n) is 7.72. The lowest BCUT2D eigenvalue weighted by atomic mass is 10.1. The van der Waals surface area contributed by atoms with Crippen molar-refractivity contribution in [2.24, 2.45) is 0 Å². The van der Waals surface area contributed by atoms with Gasteiger partial charge in [0.05, 0.1) is 10.0 Å². The van der Waals surface area contributed by atoms with Crippen molar-refractivity contribution in [1.29, 1.82) is 0 Å². The van der Waals surface area contributed by atoms with Gasteiger partial charge in [-0.2, -0.15) is 0 Å². The van der Waals surface area contributed by atoms with Gasteiger partial charge >= 0.3 is 0 Å². The van der Waals surface area contributed by atoms with Crippen molar-refractivity contribution in [1.82, 2.24) is 10.2 Å². The number of hydrogen-bond donors (Lipinski definition) is 2. The summed E-state index contributed by atoms with van der Waals surface area (Å²) in [5, 5.41) is 6.53. The second-order valence-electron chi connectivity index (χ2n) is 4.76. The van der Waals surface area contributed by atoms with Crippen LogP contribution in [-0.4, -0.2) is 10.2 Å². The molecule has 1 aromatic heterocycles. The Labute approximate surface area is 135 Å². The summed E-state index contributed by atoms with van der Waals surface area (Å²) in [7, 11) is 0. The van der Waals surface area contributed by atoms with Crippen LogP contribution in [0.3, 0.4) is 0 Å². The normalized spacial score (nSPS) is 19.5. The number of ether oxygens (including phenoxy) is 1. The fourth-order valence-corrected chi connectivity index (χ4v) is 2.96. The first-order valence-corrected chi connectivity index (χ1v) is 6.98. The molecular formula is C14H13Cl2N3O2. The number of halogens is 2. The number of nitrogens with zero attached hydrogens (tertiary/aromatic N) is 1. The average Bonchev–Trinajstić information content (AvgIpc) is 2.90. The molecule has 1 aliphatic carbocycles. The Morgan fingerprint density at radius 1 is 1.48 bits per heavy atom. The van der Waals surface area contributed by atoms with Crippen molar-refractivity contribution in [3.8, 4) is 11.6 Å². The molecule has 0 fully saturated rings. The summed E-state index contributed by atoms with van der Waals surface area (Å²) in [6, 6.07) is 2.94. The van der Waals surface area contributed by atoms with Crippen LogP contribution in [0.15, 0.2) is 16.9 Å². The van der Waals surface area contributed by atoms with Gasteiger partial charge in [0, 0.05) is 20.9 Å². The summed E-state index contributed by atoms with van der Waals surface area (Å²) in [5.41, 5.74) is 6.14. The van der Waals surface area contributed by atoms with E-state index in [2.05, 4.69) is 10.2 Å². The Morgan fingerprint density at radius 2 is 2.19 bits per heavy atom. The molecule has 0 aliphatic heterocycles. The monoisotopic (exact) mass is 328 g/mol. The number of nitrogens with two attached hydrogens (primary N) is 1. The van der Waals surface area contributed by atoms with Crippen LogP contribution in [0.2, 0.25) is 10.0 Å². The highest BCUT2D eigenvalue weighted by atomic mass is 35.5. The van der Waals surface area contributed by atoms with E-state index in [0.717, 1.165) is 0 Å². The number of rotatable bonds is 2. The minimum absolute atomic E-state index is 0.0879. The summed E-state index contributed by atoms with van der Waals surface area (Å²) in [6.07, 6.45) is 0.690. The molecule has 21 heavy (non-hydrogen) atoms. The van der Waals surface area contributed by atoms with Crippen LogP contribution in [0.25, 0.3) is 0 Å². The van der Waals surface area contributed by atoms with Crippen LogP contribution in [0.4, 0.5) is 5.69 Å². The molecule has 0 saturated heterocycles. The standard InChI is InChI=1S/C14H13Cl2N3O2/c1-6-2-3-8-11(6)13(20)18-19-14(8)21-12-9(15)4-7(17)5-10(12)16/h4-6H,2-3,17H2,1H3,(H,18,20)/t6-/m0/s1/i1D3. The largest absolute Gasteiger partial charge is 0.434 e. The molecule has 5 nitrogen and oxygen atoms in total. The molecule has 3 N–H and O–H groups in total. The fraction of sp³-hybridized carbons (Fsp3) is 0.286. The number of fused-ring (bicyclic) bond motifs is 1. The van der Waals surface area contributed by atoms with Crippen LogP contribution in [0.1, 0.15) is 34.4 Å². The number of H-pyrrole nitrogens is 1. The Morgan fingerprint density at radius 3 is 2.86 bits per heavy atom. The molecule has 1 aliphatic rings. The number of nitrogen functional groups attached to an aromatic ring is 1. The third-order valence-corrected chi connectivity index (χ3v) is 3.90. The molecule has 1 atom stereocenters. The fourth-order valence-electron chi connectivity index (χ4n) is 2.38. The minimum atomic E-state index is -2.27. The lowest BCUT2D eigenvalue weighted by Gasteiger charge is -2.12. The summed E-state index contributed by atoms with van der Waals surface area (Å²) in [4.78, 5) is 12.1. The zero-order valence-electron chi connectivity index (χ0n) is 13.7. The van der Waals surface area contributed by atoms with Crippen molar-refractivity contribution in [3.05, 3.63) is 43.7 Å². The van der Waals surface area contributed by atoms with Gasteiger partial charge in [-0.3, -0.25) is 4.79 Å². The first kappa shape index (κ1) is 10.9. The van der Waals surface area contributed by atoms with E-state index < -0.39 is 18.3 Å². The van der Waals surface area contributed by atoms with E-state index in [-0.39, 0.29) is 27.2 Å². The van der Waals surface area contributed by atoms with Crippen LogP contribution >= 0.6 is 23.2 Å². The highest BCUT2D eigenvalue weighted by Gasteiger charge is 2.27. The highest BCUT2D eigenvalue weighted by molar-refractivity contribution is 6.37. The lowest BCUT2D eigenvalue weighted by Crippen LogP contribution is -2.16. The first-order chi connectivity index (χ1) is 11.2. The molecule has 7 heteroatoms. The summed E-state index contributed by atoms with van der Waals surface area (Å²) < 4.78 is 28.5. The van der Waals surface area contributed by atoms with Gasteiger partial charge in [-0.05, 0) is 30.9 Å². The van der Waals surface area contributed by atoms with E-state index in [9.17, 15) is 4.79 Å². The molecule has 1 heterocycles. The van der Waals surface area contributed by atoms with E-state index >= 15 is 0 Å². The van der Waals surface area contributed by atoms with Crippen molar-refractivity contribution in [2.75, 3.05) is 5.73 Å². The van der Waals surface area contributed by atoms with Crippen molar-refractivity contribution < 1.29 is 8.85 Å². The van der Waals surface area contributed by atoms with Gasteiger partial charge in [-0.25, -0.2) is 5.10 Å². The number of hydrogen-bond acceptors (Lipinski definition) is 4. The topological polar surface area (TPSA) is 81.0 Å². The van der Waals surface area contributed by atoms with E-state index in [1.807, 2.05) is 0 Å². The predicted molar refractivity (Wildman–Crippen MR) is 82.5 cm³/mol. The number of anilines is 1. The molecule has 0 spiro atoms. The van der Waals surface area contributed by atoms with E-state index in [4.69, 9.17) is 37.8 Å². The number of benzene rings is 1. The maximum absolute atomic E-state index is 12.1. The second-order valence-corrected chi connectivity index (χ2v) is 5.57. The van der Waals surface area contributed by atoms with Crippen LogP contribution in [-0.2, 0) is 6.42 Å². The molecule has 0 bridgehead atoms. The maximum atomic E-state index is 12.1. The second kappa shape index (κ2) is 5.24. The Bertz CT molecular complexity index is 844. The SMILES string of the molecule is [2H]C([2H])([2H])[C@H]1CCc2c(Oc3c(Cl)cc(N)cc3Cl)n[nH]c(=O)c21. The van der Waals surface area contributed by atoms with E-state index in [1.165, 1.54) is 12.1 Å². The van der Waals surface area contributed by atoms with Gasteiger partial charge in [0.2, 0.25) is 5.88 Å². The minimum Gasteiger partial charge on any atom is -0.434 e. The average molecular weight is 329 g/mol. The molecule has 0 amide bonds. The van der Waals surface area contributed by atoms with Gasteiger partial charge in [0.1, 0.15) is 0 Å². The molecule has 0 unspecified atom stereocenters. The predicted octanol–water partition coefficient (Wildman–Crippen LogP) is 3.50. The van der Waals surface area contributed by atoms with Crippen LogP contribution < -0.4 is 16.0 Å². The number of aromatic amines is 1. The maximum Gasteiger partial charge on any atom is 0.268 e. The number of nitrogens with one attached hydrogen (secondary N) is 1. The van der Waals surface area contributed by atoms with E-state index in [1.54, 1.807) is 0 Å². The Balaban J connectivity index is 2.07. The summed E-state index contributed by atoms with van der Waals surface area (Å²) >= 11 is 12.2. The molecule has 1 aromatic carbocycles. The number of aromatic nitrogens is 2. The molecule has 3 rings (SSSR count). The van der Waals surface area contributed by atoms with Gasteiger partial charge in [0.15, 0.2) is 5.75 Å². The third-order valence-electron chi connectivity index (χ3n) is 3.34. The van der Waals surface area contributed by atoms with Crippen molar-refractivity contribution >= 4 is 28.9 Å². The van der Waals surface area contributed by atoms with Crippen molar-refractivity contribution in [3.63, 3.8) is 0 Å². The highest BCUT2D eigenvalue weighted by Crippen LogP contribution is 2.41. The molecule has 2 aromatic rings. The molecule has 0 saturated carbocycles. The smallest absolute Gasteiger partial charge is 0.268 e. The molecule has 0 radical (unpaired) electrons. The third kappa shape index (κ3) is 2.47. The van der Waals surface area contributed by atoms with Crippen LogP contribution in [0.5, 0.6) is 11.6 Å². The van der Waals surface area contributed by atoms with Gasteiger partial charge in [-0.15, -0.1) is 5.10 Å². The molecule has 110 valence electrons. The van der Waals surface area contributed by atoms with E-state index in [0.29, 0.717) is 24.1 Å². The van der Waals surface area contributed by atoms with Crippen molar-refractivity contribution in [2.45, 2.75) is 25.6 Å². The quantitative estimate of drug-likeness (QED) is 0.826. The van der Waals surface area contributed by atoms with Gasteiger partial charge in [-0.1, -0.05) is 30.1 Å². The molecular weight excluding hydrogens is 313 g/mol. The summed E-state index contributed by atoms with van der Waals surface area (Å²) in [6.45, 7) is -2.27. The Kier molecular flexibility index (Phi) is 2.73. The van der Waals surface area contributed by atoms with Gasteiger partial charge in [0.25, 0.3) is 5.56 Å². The Hall–Kier alpha value is -1.72. The van der Waals surface area contributed by atoms with Crippen LogP contribution in [0, 0.1) is 0 Å². The van der Waals surface area contributed by atoms with Gasteiger partial charge < -0.3 is 10.5 Å².